The van der Waals surface area contributed by atoms with E-state index >= 15 is 0 Å². The van der Waals surface area contributed by atoms with E-state index in [0.29, 0.717) is 11.6 Å². The third-order valence-corrected chi connectivity index (χ3v) is 2.95. The summed E-state index contributed by atoms with van der Waals surface area (Å²) in [5.74, 6) is 0.537. The third-order valence-electron chi connectivity index (χ3n) is 2.95. The highest BCUT2D eigenvalue weighted by atomic mass is 16.2. The van der Waals surface area contributed by atoms with Crippen LogP contribution in [0, 0.1) is 6.92 Å². The first-order chi connectivity index (χ1) is 8.85. The van der Waals surface area contributed by atoms with Crippen LogP contribution in [0.3, 0.4) is 0 Å². The van der Waals surface area contributed by atoms with E-state index in [2.05, 4.69) is 20.2 Å². The van der Waals surface area contributed by atoms with Crippen molar-refractivity contribution in [2.24, 2.45) is 0 Å². The fraction of sp³-hybridized carbons (Fsp3) is 0.643. The zero-order valence-corrected chi connectivity index (χ0v) is 12.2. The zero-order chi connectivity index (χ0) is 14.0. The average molecular weight is 262 g/mol. The summed E-state index contributed by atoms with van der Waals surface area (Å²) >= 11 is 0. The van der Waals surface area contributed by atoms with Crippen LogP contribution in [-0.2, 0) is 0 Å². The smallest absolute Gasteiger partial charge is 0.270 e. The molecule has 0 unspecified atom stereocenters. The van der Waals surface area contributed by atoms with Crippen molar-refractivity contribution in [2.45, 2.75) is 46.1 Å². The van der Waals surface area contributed by atoms with Crippen molar-refractivity contribution >= 4 is 11.9 Å². The van der Waals surface area contributed by atoms with E-state index in [1.807, 2.05) is 27.7 Å². The van der Waals surface area contributed by atoms with E-state index in [0.717, 1.165) is 18.8 Å². The Morgan fingerprint density at radius 1 is 1.26 bits per heavy atom. The molecule has 1 aliphatic rings. The van der Waals surface area contributed by atoms with Gasteiger partial charge in [0.1, 0.15) is 5.69 Å². The number of aromatic nitrogens is 2. The van der Waals surface area contributed by atoms with Gasteiger partial charge in [0.2, 0.25) is 5.95 Å². The maximum absolute atomic E-state index is 12.2. The summed E-state index contributed by atoms with van der Waals surface area (Å²) in [6.07, 6.45) is 2.33. The number of hydrogen-bond donors (Lipinski definition) is 1. The molecule has 5 nitrogen and oxygen atoms in total. The highest BCUT2D eigenvalue weighted by Crippen LogP contribution is 2.17. The van der Waals surface area contributed by atoms with E-state index in [1.54, 1.807) is 6.07 Å². The van der Waals surface area contributed by atoms with Gasteiger partial charge in [0, 0.05) is 24.3 Å². The topological polar surface area (TPSA) is 58.1 Å². The van der Waals surface area contributed by atoms with Crippen LogP contribution in [0.4, 0.5) is 5.95 Å². The predicted octanol–water partition coefficient (Wildman–Crippen LogP) is 1.91. The van der Waals surface area contributed by atoms with Crippen LogP contribution in [0.2, 0.25) is 0 Å². The number of hydrogen-bond acceptors (Lipinski definition) is 4. The van der Waals surface area contributed by atoms with Gasteiger partial charge in [0.05, 0.1) is 0 Å². The molecule has 2 rings (SSSR count). The van der Waals surface area contributed by atoms with Crippen molar-refractivity contribution in [1.82, 2.24) is 15.3 Å². The average Bonchev–Trinajstić information content (AvgIpc) is 2.79. The van der Waals surface area contributed by atoms with Crippen LogP contribution in [0.15, 0.2) is 6.07 Å². The molecule has 0 aromatic carbocycles. The van der Waals surface area contributed by atoms with Crippen molar-refractivity contribution < 1.29 is 4.79 Å². The van der Waals surface area contributed by atoms with Crippen LogP contribution < -0.4 is 10.2 Å². The molecule has 1 amide bonds. The Balaban J connectivity index is 2.23. The number of amides is 1. The van der Waals surface area contributed by atoms with Crippen LogP contribution in [0.1, 0.15) is 49.8 Å². The van der Waals surface area contributed by atoms with Gasteiger partial charge in [-0.2, -0.15) is 0 Å². The molecular weight excluding hydrogens is 240 g/mol. The Bertz CT molecular complexity index is 473. The molecule has 1 N–H and O–H groups in total. The molecule has 19 heavy (non-hydrogen) atoms. The summed E-state index contributed by atoms with van der Waals surface area (Å²) in [6, 6.07) is 1.74. The normalized spacial score (nSPS) is 15.7. The van der Waals surface area contributed by atoms with Gasteiger partial charge in [-0.25, -0.2) is 9.97 Å². The number of nitrogens with zero attached hydrogens (tertiary/aromatic N) is 3. The number of carbonyl (C=O) groups is 1. The summed E-state index contributed by atoms with van der Waals surface area (Å²) in [7, 11) is 0. The maximum Gasteiger partial charge on any atom is 0.270 e. The van der Waals surface area contributed by atoms with Crippen molar-refractivity contribution in [1.29, 1.82) is 0 Å². The molecule has 0 spiro atoms. The molecule has 1 aromatic rings. The lowest BCUT2D eigenvalue weighted by Crippen LogP contribution is -2.41. The van der Waals surface area contributed by atoms with Crippen LogP contribution in [-0.4, -0.2) is 34.5 Å². The highest BCUT2D eigenvalue weighted by molar-refractivity contribution is 5.93. The molecule has 0 atom stereocenters. The molecule has 1 aromatic heterocycles. The Morgan fingerprint density at radius 3 is 2.47 bits per heavy atom. The molecule has 1 fully saturated rings. The first-order valence-electron chi connectivity index (χ1n) is 6.78. The monoisotopic (exact) mass is 262 g/mol. The number of anilines is 1. The fourth-order valence-electron chi connectivity index (χ4n) is 2.13. The van der Waals surface area contributed by atoms with Gasteiger partial charge in [-0.3, -0.25) is 4.79 Å². The maximum atomic E-state index is 12.2. The molecule has 1 aliphatic heterocycles. The quantitative estimate of drug-likeness (QED) is 0.884. The summed E-state index contributed by atoms with van der Waals surface area (Å²) in [5.41, 5.74) is 1.02. The summed E-state index contributed by atoms with van der Waals surface area (Å²) in [5, 5.41) is 2.93. The third kappa shape index (κ3) is 3.66. The summed E-state index contributed by atoms with van der Waals surface area (Å²) in [4.78, 5) is 23.1. The summed E-state index contributed by atoms with van der Waals surface area (Å²) in [6.45, 7) is 9.73. The molecular formula is C14H22N4O. The van der Waals surface area contributed by atoms with E-state index in [4.69, 9.17) is 0 Å². The van der Waals surface area contributed by atoms with Crippen molar-refractivity contribution in [3.63, 3.8) is 0 Å². The second-order valence-electron chi connectivity index (χ2n) is 6.09. The lowest BCUT2D eigenvalue weighted by atomic mass is 10.1. The van der Waals surface area contributed by atoms with E-state index in [1.165, 1.54) is 12.8 Å². The minimum absolute atomic E-state index is 0.140. The Hall–Kier alpha value is -1.65. The number of carbonyl (C=O) groups excluding carboxylic acids is 1. The summed E-state index contributed by atoms with van der Waals surface area (Å²) < 4.78 is 0. The fourth-order valence-corrected chi connectivity index (χ4v) is 2.13. The van der Waals surface area contributed by atoms with Gasteiger partial charge in [-0.15, -0.1) is 0 Å². The van der Waals surface area contributed by atoms with Gasteiger partial charge in [0.25, 0.3) is 5.91 Å². The minimum atomic E-state index is -0.260. The zero-order valence-electron chi connectivity index (χ0n) is 12.2. The molecule has 2 heterocycles. The molecule has 104 valence electrons. The minimum Gasteiger partial charge on any atom is -0.346 e. The Kier molecular flexibility index (Phi) is 3.73. The largest absolute Gasteiger partial charge is 0.346 e. The van der Waals surface area contributed by atoms with Crippen LogP contribution in [0.25, 0.3) is 0 Å². The first-order valence-corrected chi connectivity index (χ1v) is 6.78. The molecule has 0 radical (unpaired) electrons. The predicted molar refractivity (Wildman–Crippen MR) is 75.4 cm³/mol. The standard InChI is InChI=1S/C14H22N4O/c1-10-9-11(12(19)17-14(2,3)4)16-13(15-10)18-7-5-6-8-18/h9H,5-8H2,1-4H3,(H,17,19). The van der Waals surface area contributed by atoms with Gasteiger partial charge < -0.3 is 10.2 Å². The first kappa shape index (κ1) is 13.8. The Labute approximate surface area is 114 Å². The Morgan fingerprint density at radius 2 is 1.89 bits per heavy atom. The van der Waals surface area contributed by atoms with Gasteiger partial charge in [-0.05, 0) is 46.6 Å². The number of nitrogens with one attached hydrogen (secondary N) is 1. The molecule has 5 heteroatoms. The van der Waals surface area contributed by atoms with Crippen molar-refractivity contribution in [2.75, 3.05) is 18.0 Å². The number of aryl methyl sites for hydroxylation is 1. The van der Waals surface area contributed by atoms with Gasteiger partial charge >= 0.3 is 0 Å². The van der Waals surface area contributed by atoms with Crippen LogP contribution in [0.5, 0.6) is 0 Å². The molecule has 0 saturated carbocycles. The SMILES string of the molecule is Cc1cc(C(=O)NC(C)(C)C)nc(N2CCCC2)n1. The lowest BCUT2D eigenvalue weighted by Gasteiger charge is -2.21. The van der Waals surface area contributed by atoms with Crippen LogP contribution >= 0.6 is 0 Å². The second-order valence-corrected chi connectivity index (χ2v) is 6.09. The van der Waals surface area contributed by atoms with E-state index in [-0.39, 0.29) is 11.4 Å². The van der Waals surface area contributed by atoms with Gasteiger partial charge in [-0.1, -0.05) is 0 Å². The number of rotatable bonds is 2. The van der Waals surface area contributed by atoms with E-state index in [9.17, 15) is 4.79 Å². The van der Waals surface area contributed by atoms with Crippen molar-refractivity contribution in [3.05, 3.63) is 17.5 Å². The highest BCUT2D eigenvalue weighted by Gasteiger charge is 2.20. The molecule has 1 saturated heterocycles. The van der Waals surface area contributed by atoms with E-state index < -0.39 is 0 Å². The van der Waals surface area contributed by atoms with Crippen molar-refractivity contribution in [3.8, 4) is 0 Å². The van der Waals surface area contributed by atoms with Gasteiger partial charge in [0.15, 0.2) is 0 Å². The second kappa shape index (κ2) is 5.15. The molecule has 0 bridgehead atoms. The molecule has 0 aliphatic carbocycles. The lowest BCUT2D eigenvalue weighted by molar-refractivity contribution is 0.0914.